The number of anilines is 2. The number of aryl methyl sites for hydroxylation is 1. The molecule has 3 N–H and O–H groups in total. The summed E-state index contributed by atoms with van der Waals surface area (Å²) in [7, 11) is 1.67. The topological polar surface area (TPSA) is 64.3 Å². The van der Waals surface area contributed by atoms with Gasteiger partial charge in [-0.15, -0.1) is 0 Å². The van der Waals surface area contributed by atoms with Crippen LogP contribution in [0.1, 0.15) is 41.7 Å². The fraction of sp³-hybridized carbons (Fsp3) is 0.250. The number of rotatable bonds is 7. The van der Waals surface area contributed by atoms with Gasteiger partial charge in [0, 0.05) is 6.08 Å². The van der Waals surface area contributed by atoms with E-state index in [2.05, 4.69) is 18.3 Å². The Bertz CT molecular complexity index is 1220. The van der Waals surface area contributed by atoms with Gasteiger partial charge in [-0.05, 0) is 86.7 Å². The van der Waals surface area contributed by atoms with Gasteiger partial charge >= 0.3 is 6.18 Å². The summed E-state index contributed by atoms with van der Waals surface area (Å²) in [5, 5.41) is 2.50. The molecule has 0 aliphatic carbocycles. The van der Waals surface area contributed by atoms with E-state index in [-0.39, 0.29) is 11.4 Å². The van der Waals surface area contributed by atoms with Gasteiger partial charge in [-0.1, -0.05) is 36.0 Å². The van der Waals surface area contributed by atoms with Gasteiger partial charge in [-0.3, -0.25) is 4.79 Å². The molecule has 0 radical (unpaired) electrons. The maximum atomic E-state index is 12.7. The number of methoxy groups -OCH3 is 1. The van der Waals surface area contributed by atoms with E-state index >= 15 is 0 Å². The van der Waals surface area contributed by atoms with Crippen molar-refractivity contribution in [2.24, 2.45) is 0 Å². The molecule has 2 aromatic rings. The van der Waals surface area contributed by atoms with Crippen LogP contribution in [0.5, 0.6) is 5.75 Å². The average molecular weight is 485 g/mol. The van der Waals surface area contributed by atoms with Crippen LogP contribution in [0, 0.1) is 20.8 Å². The second-order valence-electron chi connectivity index (χ2n) is 8.34. The zero-order valence-electron chi connectivity index (χ0n) is 20.8. The normalized spacial score (nSPS) is 13.1. The third-order valence-corrected chi connectivity index (χ3v) is 5.56. The molecule has 2 rings (SSSR count). The molecule has 2 aromatic carbocycles. The molecular formula is C28H31F3N2O2. The third kappa shape index (κ3) is 7.64. The van der Waals surface area contributed by atoms with Gasteiger partial charge in [0.05, 0.1) is 24.0 Å². The maximum absolute atomic E-state index is 12.7. The first-order valence-electron chi connectivity index (χ1n) is 11.0. The molecule has 0 atom stereocenters. The van der Waals surface area contributed by atoms with Crippen LogP contribution in [0.25, 0.3) is 6.08 Å². The Labute approximate surface area is 204 Å². The molecule has 0 fully saturated rings. The van der Waals surface area contributed by atoms with Gasteiger partial charge in [-0.25, -0.2) is 0 Å². The summed E-state index contributed by atoms with van der Waals surface area (Å²) in [6.07, 6.45) is 6.45. The average Bonchev–Trinajstić information content (AvgIpc) is 2.76. The van der Waals surface area contributed by atoms with E-state index in [0.717, 1.165) is 46.2 Å². The standard InChI is InChI=1S/C28H31F3N2O2/c1-17(10-12-23-19(3)15-26(35-6)21(5)20(23)4)8-7-9-18(2)14-27(34)33-25-13-11-22(16-24(25)32)28(29,30)31/h7-16H,32H2,1-6H3,(H,33,34). The number of carbonyl (C=O) groups is 1. The number of nitrogens with two attached hydrogens (primary N) is 1. The third-order valence-electron chi connectivity index (χ3n) is 5.56. The number of ether oxygens (including phenoxy) is 1. The first kappa shape index (κ1) is 27.5. The molecule has 0 aliphatic heterocycles. The number of amides is 1. The zero-order valence-corrected chi connectivity index (χ0v) is 20.8. The summed E-state index contributed by atoms with van der Waals surface area (Å²) in [6, 6.07) is 4.84. The Morgan fingerprint density at radius 3 is 2.31 bits per heavy atom. The van der Waals surface area contributed by atoms with Crippen LogP contribution < -0.4 is 15.8 Å². The summed E-state index contributed by atoms with van der Waals surface area (Å²) < 4.78 is 43.7. The number of nitrogens with one attached hydrogen (secondary N) is 1. The van der Waals surface area contributed by atoms with Crippen LogP contribution in [-0.4, -0.2) is 13.0 Å². The lowest BCUT2D eigenvalue weighted by atomic mass is 9.96. The molecule has 4 nitrogen and oxygen atoms in total. The van der Waals surface area contributed by atoms with Crippen LogP contribution in [0.15, 0.2) is 65.8 Å². The fourth-order valence-corrected chi connectivity index (χ4v) is 3.43. The molecule has 0 aromatic heterocycles. The van der Waals surface area contributed by atoms with Gasteiger partial charge in [0.15, 0.2) is 0 Å². The lowest BCUT2D eigenvalue weighted by Gasteiger charge is -2.13. The second-order valence-corrected chi connectivity index (χ2v) is 8.34. The number of allylic oxidation sites excluding steroid dienone is 6. The Morgan fingerprint density at radius 1 is 1.03 bits per heavy atom. The quantitative estimate of drug-likeness (QED) is 0.246. The van der Waals surface area contributed by atoms with Gasteiger partial charge in [-0.2, -0.15) is 13.2 Å². The van der Waals surface area contributed by atoms with Crippen molar-refractivity contribution in [3.05, 3.63) is 93.6 Å². The Morgan fingerprint density at radius 2 is 1.71 bits per heavy atom. The number of hydrogen-bond donors (Lipinski definition) is 2. The molecule has 1 amide bonds. The second kappa shape index (κ2) is 11.6. The van der Waals surface area contributed by atoms with Crippen LogP contribution >= 0.6 is 0 Å². The van der Waals surface area contributed by atoms with Crippen LogP contribution in [-0.2, 0) is 11.0 Å². The lowest BCUT2D eigenvalue weighted by Crippen LogP contribution is -2.12. The molecule has 35 heavy (non-hydrogen) atoms. The Balaban J connectivity index is 2.05. The van der Waals surface area contributed by atoms with Gasteiger partial charge in [0.1, 0.15) is 5.75 Å². The lowest BCUT2D eigenvalue weighted by molar-refractivity contribution is -0.137. The van der Waals surface area contributed by atoms with Crippen LogP contribution in [0.2, 0.25) is 0 Å². The van der Waals surface area contributed by atoms with Gasteiger partial charge < -0.3 is 15.8 Å². The van der Waals surface area contributed by atoms with E-state index in [4.69, 9.17) is 10.5 Å². The van der Waals surface area contributed by atoms with E-state index in [0.29, 0.717) is 5.57 Å². The van der Waals surface area contributed by atoms with Crippen molar-refractivity contribution in [1.82, 2.24) is 0 Å². The molecule has 0 aliphatic rings. The van der Waals surface area contributed by atoms with Crippen molar-refractivity contribution in [2.45, 2.75) is 40.8 Å². The monoisotopic (exact) mass is 484 g/mol. The smallest absolute Gasteiger partial charge is 0.416 e. The van der Waals surface area contributed by atoms with Gasteiger partial charge in [0.25, 0.3) is 0 Å². The highest BCUT2D eigenvalue weighted by molar-refractivity contribution is 6.01. The molecular weight excluding hydrogens is 453 g/mol. The fourth-order valence-electron chi connectivity index (χ4n) is 3.43. The summed E-state index contributed by atoms with van der Waals surface area (Å²) in [5.41, 5.74) is 11.0. The molecule has 0 unspecified atom stereocenters. The highest BCUT2D eigenvalue weighted by Gasteiger charge is 2.30. The van der Waals surface area contributed by atoms with Crippen LogP contribution in [0.3, 0.4) is 0 Å². The minimum atomic E-state index is -4.50. The number of benzene rings is 2. The van der Waals surface area contributed by atoms with Crippen molar-refractivity contribution in [3.63, 3.8) is 0 Å². The molecule has 0 bridgehead atoms. The van der Waals surface area contributed by atoms with E-state index in [9.17, 15) is 18.0 Å². The predicted molar refractivity (Wildman–Crippen MR) is 137 cm³/mol. The molecule has 0 spiro atoms. The molecule has 0 saturated heterocycles. The SMILES string of the molecule is COc1cc(C)c(C=CC(C)=CC=CC(C)=CC(=O)Nc2ccc(C(F)(F)F)cc2N)c(C)c1C. The highest BCUT2D eigenvalue weighted by Crippen LogP contribution is 2.33. The van der Waals surface area contributed by atoms with E-state index in [1.807, 2.05) is 45.1 Å². The Kier molecular flexibility index (Phi) is 9.12. The summed E-state index contributed by atoms with van der Waals surface area (Å²) in [6.45, 7) is 9.87. The number of halogens is 3. The molecule has 7 heteroatoms. The van der Waals surface area contributed by atoms with Crippen molar-refractivity contribution in [3.8, 4) is 5.75 Å². The van der Waals surface area contributed by atoms with Gasteiger partial charge in [0.2, 0.25) is 5.91 Å². The number of alkyl halides is 3. The Hall–Kier alpha value is -3.74. The van der Waals surface area contributed by atoms with Crippen LogP contribution in [0.4, 0.5) is 24.5 Å². The van der Waals surface area contributed by atoms with Crippen molar-refractivity contribution in [2.75, 3.05) is 18.2 Å². The number of hydrogen-bond acceptors (Lipinski definition) is 3. The predicted octanol–water partition coefficient (Wildman–Crippen LogP) is 7.32. The summed E-state index contributed by atoms with van der Waals surface area (Å²) in [5.74, 6) is 0.389. The summed E-state index contributed by atoms with van der Waals surface area (Å²) in [4.78, 5) is 12.2. The first-order valence-corrected chi connectivity index (χ1v) is 11.0. The van der Waals surface area contributed by atoms with E-state index in [1.54, 1.807) is 20.1 Å². The van der Waals surface area contributed by atoms with E-state index < -0.39 is 17.6 Å². The molecule has 186 valence electrons. The molecule has 0 heterocycles. The largest absolute Gasteiger partial charge is 0.496 e. The van der Waals surface area contributed by atoms with Crippen molar-refractivity contribution >= 4 is 23.4 Å². The first-order chi connectivity index (χ1) is 16.3. The zero-order chi connectivity index (χ0) is 26.3. The maximum Gasteiger partial charge on any atom is 0.416 e. The van der Waals surface area contributed by atoms with Crippen molar-refractivity contribution in [1.29, 1.82) is 0 Å². The molecule has 0 saturated carbocycles. The summed E-state index contributed by atoms with van der Waals surface area (Å²) >= 11 is 0. The number of nitrogen functional groups attached to an aromatic ring is 1. The highest BCUT2D eigenvalue weighted by atomic mass is 19.4. The number of carbonyl (C=O) groups excluding carboxylic acids is 1. The van der Waals surface area contributed by atoms with E-state index in [1.165, 1.54) is 11.6 Å². The van der Waals surface area contributed by atoms with Crippen molar-refractivity contribution < 1.29 is 22.7 Å². The minimum Gasteiger partial charge on any atom is -0.496 e. The minimum absolute atomic E-state index is 0.122.